The minimum Gasteiger partial charge on any atom is -0.384 e. The van der Waals surface area contributed by atoms with Crippen LogP contribution in [0.3, 0.4) is 0 Å². The van der Waals surface area contributed by atoms with Crippen LogP contribution in [0.1, 0.15) is 37.8 Å². The van der Waals surface area contributed by atoms with E-state index < -0.39 is 10.0 Å². The molecule has 0 spiro atoms. The summed E-state index contributed by atoms with van der Waals surface area (Å²) >= 11 is 0. The van der Waals surface area contributed by atoms with Crippen LogP contribution in [0.15, 0.2) is 23.1 Å². The summed E-state index contributed by atoms with van der Waals surface area (Å²) in [4.78, 5) is 0.300. The second-order valence-electron chi connectivity index (χ2n) is 4.84. The molecule has 0 bridgehead atoms. The first kappa shape index (κ1) is 17.7. The first-order valence-electron chi connectivity index (χ1n) is 7.17. The lowest BCUT2D eigenvalue weighted by molar-refractivity contribution is 0.350. The van der Waals surface area contributed by atoms with Gasteiger partial charge in [0, 0.05) is 18.7 Å². The fraction of sp³-hybridized carbons (Fsp3) is 0.500. The average molecular weight is 309 g/mol. The summed E-state index contributed by atoms with van der Waals surface area (Å²) in [6.45, 7) is 6.51. The number of benzene rings is 1. The van der Waals surface area contributed by atoms with Crippen molar-refractivity contribution in [1.29, 1.82) is 0 Å². The topological polar surface area (TPSA) is 57.6 Å². The molecule has 0 aromatic heterocycles. The van der Waals surface area contributed by atoms with Gasteiger partial charge in [-0.3, -0.25) is 0 Å². The number of aryl methyl sites for hydroxylation is 1. The monoisotopic (exact) mass is 309 g/mol. The number of hydrogen-bond donors (Lipinski definition) is 1. The molecule has 1 aromatic carbocycles. The Labute approximate surface area is 127 Å². The third-order valence-electron chi connectivity index (χ3n) is 3.06. The van der Waals surface area contributed by atoms with Crippen molar-refractivity contribution in [3.05, 3.63) is 29.3 Å². The third kappa shape index (κ3) is 4.57. The highest BCUT2D eigenvalue weighted by atomic mass is 32.2. The van der Waals surface area contributed by atoms with Crippen molar-refractivity contribution >= 4 is 10.0 Å². The molecule has 0 aliphatic carbocycles. The summed E-state index contributed by atoms with van der Waals surface area (Å²) < 4.78 is 27.1. The lowest BCUT2D eigenvalue weighted by Crippen LogP contribution is -2.33. The standard InChI is InChI=1S/C16H23NO3S/c1-4-10-17(11-5-2)21(19,20)16-13-15(7-6-12-18)9-8-14(16)3/h8-9,13,18H,4-5,10-12H2,1-3H3. The lowest BCUT2D eigenvalue weighted by atomic mass is 10.1. The molecule has 1 aromatic rings. The smallest absolute Gasteiger partial charge is 0.243 e. The second-order valence-corrected chi connectivity index (χ2v) is 6.75. The van der Waals surface area contributed by atoms with Crippen LogP contribution >= 0.6 is 0 Å². The van der Waals surface area contributed by atoms with E-state index in [1.165, 1.54) is 4.31 Å². The molecule has 0 saturated carbocycles. The predicted molar refractivity (Wildman–Crippen MR) is 84.5 cm³/mol. The van der Waals surface area contributed by atoms with E-state index in [4.69, 9.17) is 5.11 Å². The zero-order valence-corrected chi connectivity index (χ0v) is 13.7. The number of rotatable bonds is 6. The summed E-state index contributed by atoms with van der Waals surface area (Å²) in [5.41, 5.74) is 1.31. The number of aliphatic hydroxyl groups is 1. The molecule has 1 N–H and O–H groups in total. The summed E-state index contributed by atoms with van der Waals surface area (Å²) in [7, 11) is -3.50. The van der Waals surface area contributed by atoms with Crippen LogP contribution in [0.25, 0.3) is 0 Å². The van der Waals surface area contributed by atoms with Gasteiger partial charge in [0.25, 0.3) is 0 Å². The van der Waals surface area contributed by atoms with Crippen LogP contribution in [-0.4, -0.2) is 37.5 Å². The Morgan fingerprint density at radius 3 is 2.33 bits per heavy atom. The molecule has 4 nitrogen and oxygen atoms in total. The van der Waals surface area contributed by atoms with Crippen LogP contribution in [0.4, 0.5) is 0 Å². The van der Waals surface area contributed by atoms with Gasteiger partial charge in [-0.05, 0) is 37.5 Å². The van der Waals surface area contributed by atoms with Gasteiger partial charge in [0.2, 0.25) is 10.0 Å². The van der Waals surface area contributed by atoms with Gasteiger partial charge in [0.15, 0.2) is 0 Å². The first-order chi connectivity index (χ1) is 9.97. The normalized spacial score (nSPS) is 11.3. The highest BCUT2D eigenvalue weighted by Crippen LogP contribution is 2.21. The molecule has 0 heterocycles. The predicted octanol–water partition coefficient (Wildman–Crippen LogP) is 2.15. The number of hydrogen-bond acceptors (Lipinski definition) is 3. The van der Waals surface area contributed by atoms with Gasteiger partial charge in [0.05, 0.1) is 4.90 Å². The van der Waals surface area contributed by atoms with Crippen LogP contribution in [-0.2, 0) is 10.0 Å². The lowest BCUT2D eigenvalue weighted by Gasteiger charge is -2.22. The maximum atomic E-state index is 12.8. The molecule has 116 valence electrons. The molecule has 0 amide bonds. The van der Waals surface area contributed by atoms with Crippen molar-refractivity contribution in [2.75, 3.05) is 19.7 Å². The van der Waals surface area contributed by atoms with Gasteiger partial charge in [-0.2, -0.15) is 4.31 Å². The molecule has 0 atom stereocenters. The van der Waals surface area contributed by atoms with Crippen LogP contribution in [0, 0.1) is 18.8 Å². The SMILES string of the molecule is CCCN(CCC)S(=O)(=O)c1cc(C#CCO)ccc1C. The van der Waals surface area contributed by atoms with Crippen LogP contribution < -0.4 is 0 Å². The highest BCUT2D eigenvalue weighted by Gasteiger charge is 2.24. The number of nitrogens with zero attached hydrogens (tertiary/aromatic N) is 1. The van der Waals surface area contributed by atoms with E-state index in [-0.39, 0.29) is 6.61 Å². The minimum absolute atomic E-state index is 0.242. The molecule has 1 rings (SSSR count). The highest BCUT2D eigenvalue weighted by molar-refractivity contribution is 7.89. The van der Waals surface area contributed by atoms with Gasteiger partial charge in [-0.15, -0.1) is 0 Å². The van der Waals surface area contributed by atoms with Crippen molar-refractivity contribution in [3.63, 3.8) is 0 Å². The zero-order chi connectivity index (χ0) is 15.9. The van der Waals surface area contributed by atoms with Crippen molar-refractivity contribution < 1.29 is 13.5 Å². The molecular formula is C16H23NO3S. The molecule has 0 aliphatic rings. The molecule has 0 saturated heterocycles. The third-order valence-corrected chi connectivity index (χ3v) is 5.10. The Morgan fingerprint density at radius 2 is 1.81 bits per heavy atom. The summed E-state index contributed by atoms with van der Waals surface area (Å²) in [5.74, 6) is 5.29. The van der Waals surface area contributed by atoms with Gasteiger partial charge in [0.1, 0.15) is 6.61 Å². The number of sulfonamides is 1. The summed E-state index contributed by atoms with van der Waals surface area (Å²) in [6, 6.07) is 5.11. The zero-order valence-electron chi connectivity index (χ0n) is 12.9. The van der Waals surface area contributed by atoms with Crippen molar-refractivity contribution in [2.24, 2.45) is 0 Å². The fourth-order valence-electron chi connectivity index (χ4n) is 2.09. The van der Waals surface area contributed by atoms with Crippen molar-refractivity contribution in [1.82, 2.24) is 4.31 Å². The molecule has 5 heteroatoms. The molecule has 0 radical (unpaired) electrons. The Morgan fingerprint density at radius 1 is 1.19 bits per heavy atom. The van der Waals surface area contributed by atoms with E-state index in [0.717, 1.165) is 12.8 Å². The molecule has 0 aliphatic heterocycles. The van der Waals surface area contributed by atoms with E-state index in [0.29, 0.717) is 29.1 Å². The van der Waals surface area contributed by atoms with Crippen LogP contribution in [0.2, 0.25) is 0 Å². The van der Waals surface area contributed by atoms with Gasteiger partial charge in [-0.1, -0.05) is 31.8 Å². The molecule has 21 heavy (non-hydrogen) atoms. The second kappa shape index (κ2) is 8.18. The van der Waals surface area contributed by atoms with E-state index in [1.54, 1.807) is 25.1 Å². The Balaban J connectivity index is 3.28. The Kier molecular flexibility index (Phi) is 6.90. The van der Waals surface area contributed by atoms with Gasteiger partial charge >= 0.3 is 0 Å². The van der Waals surface area contributed by atoms with E-state index in [2.05, 4.69) is 11.8 Å². The quantitative estimate of drug-likeness (QED) is 0.819. The Bertz CT molecular complexity index is 621. The summed E-state index contributed by atoms with van der Waals surface area (Å²) in [6.07, 6.45) is 1.56. The van der Waals surface area contributed by atoms with E-state index >= 15 is 0 Å². The maximum absolute atomic E-state index is 12.8. The minimum atomic E-state index is -3.50. The van der Waals surface area contributed by atoms with Crippen LogP contribution in [0.5, 0.6) is 0 Å². The Hall–Kier alpha value is -1.35. The van der Waals surface area contributed by atoms with Gasteiger partial charge < -0.3 is 5.11 Å². The molecule has 0 unspecified atom stereocenters. The average Bonchev–Trinajstić information content (AvgIpc) is 2.46. The van der Waals surface area contributed by atoms with Crippen molar-refractivity contribution in [3.8, 4) is 11.8 Å². The van der Waals surface area contributed by atoms with E-state index in [9.17, 15) is 8.42 Å². The van der Waals surface area contributed by atoms with Gasteiger partial charge in [-0.25, -0.2) is 8.42 Å². The molecular weight excluding hydrogens is 286 g/mol. The molecule has 0 fully saturated rings. The largest absolute Gasteiger partial charge is 0.384 e. The summed E-state index contributed by atoms with van der Waals surface area (Å²) in [5, 5.41) is 8.74. The fourth-order valence-corrected chi connectivity index (χ4v) is 3.96. The van der Waals surface area contributed by atoms with E-state index in [1.807, 2.05) is 13.8 Å². The first-order valence-corrected chi connectivity index (χ1v) is 8.61. The van der Waals surface area contributed by atoms with Crippen molar-refractivity contribution in [2.45, 2.75) is 38.5 Å². The number of aliphatic hydroxyl groups excluding tert-OH is 1. The maximum Gasteiger partial charge on any atom is 0.243 e.